The van der Waals surface area contributed by atoms with Crippen molar-refractivity contribution >= 4 is 27.3 Å². The van der Waals surface area contributed by atoms with E-state index in [9.17, 15) is 18.3 Å². The van der Waals surface area contributed by atoms with Crippen molar-refractivity contribution in [2.24, 2.45) is 0 Å². The smallest absolute Gasteiger partial charge is 0.385 e. The third kappa shape index (κ3) is 4.90. The van der Waals surface area contributed by atoms with Crippen LogP contribution in [0.5, 0.6) is 11.5 Å². The van der Waals surface area contributed by atoms with Crippen LogP contribution in [0.3, 0.4) is 0 Å². The van der Waals surface area contributed by atoms with Gasteiger partial charge in [-0.1, -0.05) is 29.5 Å². The average molecular weight is 563 g/mol. The molecule has 3 aliphatic heterocycles. The van der Waals surface area contributed by atoms with E-state index in [2.05, 4.69) is 10.3 Å². The fourth-order valence-electron chi connectivity index (χ4n) is 5.55. The van der Waals surface area contributed by atoms with Gasteiger partial charge in [0.05, 0.1) is 18.5 Å². The molecule has 1 N–H and O–H groups in total. The molecule has 10 nitrogen and oxygen atoms in total. The minimum absolute atomic E-state index is 0.0820. The van der Waals surface area contributed by atoms with Gasteiger partial charge < -0.3 is 14.0 Å². The van der Waals surface area contributed by atoms with Crippen molar-refractivity contribution in [3.63, 3.8) is 0 Å². The number of ether oxygens (including phenoxy) is 1. The standard InChI is InChI=1S/C29H30N4O6S/c1-18-5-6-20-13-21(18)16-32-17-22-14-23(7-10-27(22)39-40(32,36)37)38-12-4-3-11-33-26-9-8-24(25(20)15-28(34)35)19(2)29(26)30-31-33/h5-10,13-14,25H,3-4,11-12,15-17H2,1-2H3,(H,34,35)/t25-/m0/s1. The summed E-state index contributed by atoms with van der Waals surface area (Å²) in [5.41, 5.74) is 6.57. The summed E-state index contributed by atoms with van der Waals surface area (Å²) >= 11 is 0. The topological polar surface area (TPSA) is 124 Å². The van der Waals surface area contributed by atoms with Crippen LogP contribution in [0.15, 0.2) is 48.5 Å². The summed E-state index contributed by atoms with van der Waals surface area (Å²) in [6, 6.07) is 14.8. The Morgan fingerprint density at radius 3 is 2.70 bits per heavy atom. The van der Waals surface area contributed by atoms with Gasteiger partial charge >= 0.3 is 16.3 Å². The van der Waals surface area contributed by atoms with Gasteiger partial charge in [-0.2, -0.15) is 12.7 Å². The van der Waals surface area contributed by atoms with E-state index >= 15 is 0 Å². The minimum atomic E-state index is -4.03. The van der Waals surface area contributed by atoms with E-state index in [0.717, 1.165) is 57.3 Å². The Hall–Kier alpha value is -3.96. The predicted octanol–water partition coefficient (Wildman–Crippen LogP) is 4.47. The van der Waals surface area contributed by atoms with Crippen LogP contribution in [-0.2, 0) is 34.7 Å². The van der Waals surface area contributed by atoms with Crippen LogP contribution in [0, 0.1) is 13.8 Å². The maximum atomic E-state index is 13.1. The third-order valence-electron chi connectivity index (χ3n) is 7.78. The molecule has 40 heavy (non-hydrogen) atoms. The Balaban J connectivity index is 1.47. The molecule has 0 fully saturated rings. The van der Waals surface area contributed by atoms with Crippen molar-refractivity contribution in [3.05, 3.63) is 81.9 Å². The Morgan fingerprint density at radius 1 is 1.05 bits per heavy atom. The first-order chi connectivity index (χ1) is 19.2. The molecule has 7 rings (SSSR count). The molecule has 0 amide bonds. The molecule has 11 heteroatoms. The lowest BCUT2D eigenvalue weighted by Gasteiger charge is -2.29. The van der Waals surface area contributed by atoms with Crippen LogP contribution >= 0.6 is 0 Å². The fraction of sp³-hybridized carbons (Fsp3) is 0.345. The van der Waals surface area contributed by atoms with Crippen LogP contribution < -0.4 is 8.92 Å². The fourth-order valence-corrected chi connectivity index (χ4v) is 6.64. The molecule has 3 aromatic carbocycles. The first-order valence-corrected chi connectivity index (χ1v) is 14.7. The van der Waals surface area contributed by atoms with E-state index in [-0.39, 0.29) is 19.5 Å². The quantitative estimate of drug-likeness (QED) is 0.380. The molecule has 0 aliphatic carbocycles. The van der Waals surface area contributed by atoms with E-state index in [0.29, 0.717) is 24.7 Å². The number of benzene rings is 3. The molecule has 4 aromatic rings. The highest BCUT2D eigenvalue weighted by atomic mass is 32.2. The number of hydrogen-bond donors (Lipinski definition) is 1. The number of carbonyl (C=O) groups is 1. The van der Waals surface area contributed by atoms with Crippen molar-refractivity contribution in [1.29, 1.82) is 0 Å². The maximum Gasteiger partial charge on any atom is 0.385 e. The largest absolute Gasteiger partial charge is 0.494 e. The van der Waals surface area contributed by atoms with Crippen LogP contribution in [0.25, 0.3) is 11.0 Å². The van der Waals surface area contributed by atoms with Gasteiger partial charge in [0.2, 0.25) is 0 Å². The number of rotatable bonds is 2. The Morgan fingerprint density at radius 2 is 1.88 bits per heavy atom. The van der Waals surface area contributed by atoms with Gasteiger partial charge in [0.15, 0.2) is 0 Å². The average Bonchev–Trinajstić information content (AvgIpc) is 3.32. The van der Waals surface area contributed by atoms with Gasteiger partial charge in [-0.25, -0.2) is 4.68 Å². The van der Waals surface area contributed by atoms with Crippen molar-refractivity contribution in [1.82, 2.24) is 19.3 Å². The van der Waals surface area contributed by atoms with Gasteiger partial charge in [0.25, 0.3) is 0 Å². The summed E-state index contributed by atoms with van der Waals surface area (Å²) in [7, 11) is -4.03. The Labute approximate surface area is 232 Å². The van der Waals surface area contributed by atoms with Crippen LogP contribution in [-0.4, -0.2) is 45.4 Å². The lowest BCUT2D eigenvalue weighted by molar-refractivity contribution is -0.137. The highest BCUT2D eigenvalue weighted by Gasteiger charge is 2.32. The second-order valence-corrected chi connectivity index (χ2v) is 12.0. The van der Waals surface area contributed by atoms with Gasteiger partial charge in [-0.3, -0.25) is 4.79 Å². The number of carboxylic acid groups (broad SMARTS) is 1. The molecule has 2 atom stereocenters. The second kappa shape index (κ2) is 10.2. The summed E-state index contributed by atoms with van der Waals surface area (Å²) < 4.78 is 40.7. The van der Waals surface area contributed by atoms with Crippen LogP contribution in [0.2, 0.25) is 0 Å². The maximum absolute atomic E-state index is 13.1. The van der Waals surface area contributed by atoms with E-state index < -0.39 is 22.2 Å². The van der Waals surface area contributed by atoms with E-state index in [4.69, 9.17) is 8.92 Å². The van der Waals surface area contributed by atoms with E-state index in [1.807, 2.05) is 54.9 Å². The second-order valence-electron chi connectivity index (χ2n) is 10.4. The molecule has 4 heterocycles. The van der Waals surface area contributed by atoms with Gasteiger partial charge in [-0.05, 0) is 78.8 Å². The van der Waals surface area contributed by atoms with Gasteiger partial charge in [0.1, 0.15) is 17.0 Å². The molecular formula is C29H30N4O6S. The minimum Gasteiger partial charge on any atom is -0.494 e. The zero-order valence-electron chi connectivity index (χ0n) is 22.3. The number of aliphatic carboxylic acids is 1. The SMILES string of the molecule is Cc1ccc2cc1CN1Cc3cc(ccc3OS1(=O)=O)OCCCCn1nnc3c(C)c(ccc31)[C@H]2CC(=O)O. The molecular weight excluding hydrogens is 532 g/mol. The molecule has 1 aromatic heterocycles. The van der Waals surface area contributed by atoms with Crippen molar-refractivity contribution in [2.45, 2.75) is 58.7 Å². The molecule has 3 aliphatic rings. The van der Waals surface area contributed by atoms with Crippen LogP contribution in [0.1, 0.15) is 58.6 Å². The van der Waals surface area contributed by atoms with E-state index in [1.165, 1.54) is 4.31 Å². The zero-order valence-corrected chi connectivity index (χ0v) is 23.1. The number of hydrogen-bond acceptors (Lipinski definition) is 7. The van der Waals surface area contributed by atoms with Crippen molar-refractivity contribution in [2.75, 3.05) is 6.61 Å². The summed E-state index contributed by atoms with van der Waals surface area (Å²) in [5, 5.41) is 18.7. The Bertz CT molecular complexity index is 1730. The van der Waals surface area contributed by atoms with E-state index in [1.54, 1.807) is 12.1 Å². The highest BCUT2D eigenvalue weighted by Crippen LogP contribution is 2.36. The van der Waals surface area contributed by atoms with Crippen LogP contribution in [0.4, 0.5) is 0 Å². The molecule has 0 saturated heterocycles. The summed E-state index contributed by atoms with van der Waals surface area (Å²) in [5.74, 6) is -0.426. The number of fused-ring (bicyclic) bond motifs is 5. The first kappa shape index (κ1) is 26.3. The third-order valence-corrected chi connectivity index (χ3v) is 9.06. The monoisotopic (exact) mass is 562 g/mol. The molecule has 1 unspecified atom stereocenters. The Kier molecular flexibility index (Phi) is 6.71. The summed E-state index contributed by atoms with van der Waals surface area (Å²) in [4.78, 5) is 12.0. The molecule has 0 spiro atoms. The van der Waals surface area contributed by atoms with Crippen molar-refractivity contribution in [3.8, 4) is 11.5 Å². The zero-order chi connectivity index (χ0) is 28.0. The normalized spacial score (nSPS) is 20.2. The predicted molar refractivity (Wildman–Crippen MR) is 148 cm³/mol. The van der Waals surface area contributed by atoms with Gasteiger partial charge in [-0.15, -0.1) is 5.10 Å². The number of carboxylic acids is 1. The first-order valence-electron chi connectivity index (χ1n) is 13.3. The van der Waals surface area contributed by atoms with Crippen molar-refractivity contribution < 1.29 is 27.2 Å². The number of nitrogens with zero attached hydrogens (tertiary/aromatic N) is 4. The lowest BCUT2D eigenvalue weighted by Crippen LogP contribution is -2.37. The molecule has 9 bridgehead atoms. The molecule has 0 radical (unpaired) electrons. The number of aromatic nitrogens is 3. The summed E-state index contributed by atoms with van der Waals surface area (Å²) in [6.07, 6.45) is 1.50. The molecule has 208 valence electrons. The molecule has 0 saturated carbocycles. The lowest BCUT2D eigenvalue weighted by atomic mass is 9.84. The highest BCUT2D eigenvalue weighted by molar-refractivity contribution is 7.84. The number of aryl methyl sites for hydroxylation is 3. The summed E-state index contributed by atoms with van der Waals surface area (Å²) in [6.45, 7) is 5.25. The van der Waals surface area contributed by atoms with Gasteiger partial charge in [0, 0.05) is 31.1 Å².